The highest BCUT2D eigenvalue weighted by atomic mass is 35.5. The highest BCUT2D eigenvalue weighted by Gasteiger charge is 2.13. The third-order valence-corrected chi connectivity index (χ3v) is 3.76. The summed E-state index contributed by atoms with van der Waals surface area (Å²) in [6, 6.07) is 6.62. The molecule has 0 atom stereocenters. The van der Waals surface area contributed by atoms with Gasteiger partial charge >= 0.3 is 0 Å². The van der Waals surface area contributed by atoms with E-state index in [2.05, 4.69) is 34.4 Å². The molecule has 0 aliphatic heterocycles. The average molecular weight is 353 g/mol. The van der Waals surface area contributed by atoms with Crippen molar-refractivity contribution in [2.45, 2.75) is 20.3 Å². The van der Waals surface area contributed by atoms with E-state index < -0.39 is 5.91 Å². The number of rotatable bonds is 6. The van der Waals surface area contributed by atoms with Crippen LogP contribution in [-0.4, -0.2) is 22.4 Å². The summed E-state index contributed by atoms with van der Waals surface area (Å²) in [6.07, 6.45) is 2.36. The van der Waals surface area contributed by atoms with E-state index in [4.69, 9.17) is 23.2 Å². The Kier molecular flexibility index (Phi) is 6.19. The highest BCUT2D eigenvalue weighted by molar-refractivity contribution is 6.40. The zero-order valence-corrected chi connectivity index (χ0v) is 14.4. The maximum Gasteiger partial charge on any atom is 0.274 e. The number of hydrogen-bond donors (Lipinski definition) is 2. The lowest BCUT2D eigenvalue weighted by molar-refractivity contribution is 0.102. The molecular weight excluding hydrogens is 335 g/mol. The van der Waals surface area contributed by atoms with Gasteiger partial charge in [-0.05, 0) is 24.5 Å². The zero-order chi connectivity index (χ0) is 16.8. The lowest BCUT2D eigenvalue weighted by Gasteiger charge is -2.10. The van der Waals surface area contributed by atoms with Gasteiger partial charge in [-0.2, -0.15) is 0 Å². The van der Waals surface area contributed by atoms with Crippen LogP contribution in [0.3, 0.4) is 0 Å². The standard InChI is InChI=1S/C16H18Cl2N4O/c1-10(2)6-7-19-14-8-13(20-9-21-14)16(23)22-15-11(17)4-3-5-12(15)18/h3-5,8-10H,6-7H2,1-2H3,(H,22,23)(H,19,20,21). The molecule has 23 heavy (non-hydrogen) atoms. The summed E-state index contributed by atoms with van der Waals surface area (Å²) in [6.45, 7) is 5.08. The summed E-state index contributed by atoms with van der Waals surface area (Å²) < 4.78 is 0. The van der Waals surface area contributed by atoms with Crippen LogP contribution in [0, 0.1) is 5.92 Å². The summed E-state index contributed by atoms with van der Waals surface area (Å²) in [4.78, 5) is 20.4. The Labute approximate surface area is 145 Å². The van der Waals surface area contributed by atoms with E-state index in [0.717, 1.165) is 13.0 Å². The second-order valence-corrected chi connectivity index (χ2v) is 6.26. The smallest absolute Gasteiger partial charge is 0.274 e. The van der Waals surface area contributed by atoms with Crippen LogP contribution in [0.4, 0.5) is 11.5 Å². The van der Waals surface area contributed by atoms with Gasteiger partial charge in [0.05, 0.1) is 15.7 Å². The molecular formula is C16H18Cl2N4O. The molecule has 0 spiro atoms. The van der Waals surface area contributed by atoms with Gasteiger partial charge in [-0.1, -0.05) is 43.1 Å². The van der Waals surface area contributed by atoms with Crippen molar-refractivity contribution in [2.75, 3.05) is 17.2 Å². The van der Waals surface area contributed by atoms with Crippen LogP contribution < -0.4 is 10.6 Å². The SMILES string of the molecule is CC(C)CCNc1cc(C(=O)Nc2c(Cl)cccc2Cl)ncn1. The number of benzene rings is 1. The number of carbonyl (C=O) groups is 1. The molecule has 1 aromatic heterocycles. The zero-order valence-electron chi connectivity index (χ0n) is 12.9. The van der Waals surface area contributed by atoms with Crippen LogP contribution in [0.5, 0.6) is 0 Å². The van der Waals surface area contributed by atoms with Gasteiger partial charge in [-0.3, -0.25) is 4.79 Å². The largest absolute Gasteiger partial charge is 0.370 e. The Balaban J connectivity index is 2.08. The van der Waals surface area contributed by atoms with Crippen LogP contribution in [-0.2, 0) is 0 Å². The third kappa shape index (κ3) is 5.08. The number of hydrogen-bond acceptors (Lipinski definition) is 4. The van der Waals surface area contributed by atoms with Gasteiger partial charge in [0, 0.05) is 12.6 Å². The fraction of sp³-hybridized carbons (Fsp3) is 0.312. The molecule has 2 N–H and O–H groups in total. The van der Waals surface area contributed by atoms with Gasteiger partial charge in [0.1, 0.15) is 17.8 Å². The number of amides is 1. The molecule has 2 rings (SSSR count). The normalized spacial score (nSPS) is 10.7. The molecule has 0 saturated carbocycles. The van der Waals surface area contributed by atoms with Gasteiger partial charge in [0.15, 0.2) is 0 Å². The first-order valence-electron chi connectivity index (χ1n) is 7.28. The summed E-state index contributed by atoms with van der Waals surface area (Å²) in [5.74, 6) is 0.805. The van der Waals surface area contributed by atoms with Crippen LogP contribution in [0.25, 0.3) is 0 Å². The predicted molar refractivity (Wildman–Crippen MR) is 94.4 cm³/mol. The van der Waals surface area contributed by atoms with Crippen molar-refractivity contribution in [2.24, 2.45) is 5.92 Å². The monoisotopic (exact) mass is 352 g/mol. The topological polar surface area (TPSA) is 66.9 Å². The quantitative estimate of drug-likeness (QED) is 0.803. The van der Waals surface area contributed by atoms with Crippen molar-refractivity contribution in [3.05, 3.63) is 46.3 Å². The van der Waals surface area contributed by atoms with E-state index in [1.807, 2.05) is 0 Å². The Bertz CT molecular complexity index is 671. The van der Waals surface area contributed by atoms with Crippen LogP contribution in [0.1, 0.15) is 30.8 Å². The summed E-state index contributed by atoms with van der Waals surface area (Å²) in [7, 11) is 0. The van der Waals surface area contributed by atoms with Gasteiger partial charge < -0.3 is 10.6 Å². The Morgan fingerprint density at radius 3 is 2.57 bits per heavy atom. The average Bonchev–Trinajstić information content (AvgIpc) is 2.51. The van der Waals surface area contributed by atoms with Crippen molar-refractivity contribution in [1.82, 2.24) is 9.97 Å². The first-order chi connectivity index (χ1) is 11.0. The maximum atomic E-state index is 12.3. The van der Waals surface area contributed by atoms with Crippen molar-refractivity contribution in [3.63, 3.8) is 0 Å². The number of halogens is 2. The van der Waals surface area contributed by atoms with E-state index >= 15 is 0 Å². The van der Waals surface area contributed by atoms with Crippen molar-refractivity contribution < 1.29 is 4.79 Å². The molecule has 0 fully saturated rings. The molecule has 122 valence electrons. The minimum Gasteiger partial charge on any atom is -0.370 e. The molecule has 1 aromatic carbocycles. The molecule has 7 heteroatoms. The lowest BCUT2D eigenvalue weighted by atomic mass is 10.1. The number of nitrogens with zero attached hydrogens (tertiary/aromatic N) is 2. The van der Waals surface area contributed by atoms with Crippen LogP contribution >= 0.6 is 23.2 Å². The number of carbonyl (C=O) groups excluding carboxylic acids is 1. The number of anilines is 2. The van der Waals surface area contributed by atoms with Gasteiger partial charge in [0.25, 0.3) is 5.91 Å². The molecule has 0 radical (unpaired) electrons. The molecule has 0 saturated heterocycles. The maximum absolute atomic E-state index is 12.3. The van der Waals surface area contributed by atoms with Gasteiger partial charge in [0.2, 0.25) is 0 Å². The molecule has 0 aliphatic carbocycles. The first kappa shape index (κ1) is 17.5. The van der Waals surface area contributed by atoms with Crippen LogP contribution in [0.15, 0.2) is 30.6 Å². The minimum absolute atomic E-state index is 0.239. The number of aromatic nitrogens is 2. The van der Waals surface area contributed by atoms with Crippen molar-refractivity contribution >= 4 is 40.6 Å². The van der Waals surface area contributed by atoms with Crippen molar-refractivity contribution in [3.8, 4) is 0 Å². The van der Waals surface area contributed by atoms with Crippen molar-refractivity contribution in [1.29, 1.82) is 0 Å². The second kappa shape index (κ2) is 8.13. The molecule has 0 bridgehead atoms. The Morgan fingerprint density at radius 1 is 1.22 bits per heavy atom. The molecule has 0 aliphatic rings. The van der Waals surface area contributed by atoms with E-state index in [1.165, 1.54) is 6.33 Å². The first-order valence-corrected chi connectivity index (χ1v) is 8.04. The molecule has 1 amide bonds. The summed E-state index contributed by atoms with van der Waals surface area (Å²) >= 11 is 12.1. The van der Waals surface area contributed by atoms with Gasteiger partial charge in [-0.25, -0.2) is 9.97 Å². The fourth-order valence-electron chi connectivity index (χ4n) is 1.86. The molecule has 1 heterocycles. The summed E-state index contributed by atoms with van der Waals surface area (Å²) in [5, 5.41) is 6.59. The highest BCUT2D eigenvalue weighted by Crippen LogP contribution is 2.30. The third-order valence-electron chi connectivity index (χ3n) is 3.13. The van der Waals surface area contributed by atoms with Gasteiger partial charge in [-0.15, -0.1) is 0 Å². The van der Waals surface area contributed by atoms with Crippen LogP contribution in [0.2, 0.25) is 10.0 Å². The van der Waals surface area contributed by atoms with E-state index in [-0.39, 0.29) is 5.69 Å². The number of nitrogens with one attached hydrogen (secondary N) is 2. The molecule has 5 nitrogen and oxygen atoms in total. The second-order valence-electron chi connectivity index (χ2n) is 5.45. The predicted octanol–water partition coefficient (Wildman–Crippen LogP) is 4.49. The fourth-order valence-corrected chi connectivity index (χ4v) is 2.35. The van der Waals surface area contributed by atoms with E-state index in [1.54, 1.807) is 24.3 Å². The lowest BCUT2D eigenvalue weighted by Crippen LogP contribution is -2.15. The van der Waals surface area contributed by atoms with E-state index in [9.17, 15) is 4.79 Å². The van der Waals surface area contributed by atoms with E-state index in [0.29, 0.717) is 27.5 Å². The minimum atomic E-state index is -0.394. The molecule has 0 unspecified atom stereocenters. The Morgan fingerprint density at radius 2 is 1.91 bits per heavy atom. The Hall–Kier alpha value is -1.85. The number of para-hydroxylation sites is 1. The summed E-state index contributed by atoms with van der Waals surface area (Å²) in [5.41, 5.74) is 0.608. The molecule has 2 aromatic rings.